The summed E-state index contributed by atoms with van der Waals surface area (Å²) in [7, 11) is 1.53. The Morgan fingerprint density at radius 3 is 2.45 bits per heavy atom. The Kier molecular flexibility index (Phi) is 5.63. The van der Waals surface area contributed by atoms with Crippen molar-refractivity contribution < 1.29 is 14.3 Å². The van der Waals surface area contributed by atoms with Crippen molar-refractivity contribution >= 4 is 46.0 Å². The lowest BCUT2D eigenvalue weighted by Crippen LogP contribution is -2.47. The topological polar surface area (TPSA) is 53.1 Å². The Morgan fingerprint density at radius 1 is 1.10 bits per heavy atom. The van der Waals surface area contributed by atoms with Crippen LogP contribution in [0.15, 0.2) is 41.4 Å². The van der Waals surface area contributed by atoms with Crippen molar-refractivity contribution in [3.8, 4) is 5.75 Å². The normalized spacial score (nSPS) is 18.2. The molecule has 0 radical (unpaired) electrons. The average molecular weight is 432 g/mol. The predicted molar refractivity (Wildman–Crippen MR) is 115 cm³/mol. The summed E-state index contributed by atoms with van der Waals surface area (Å²) in [5.41, 5.74) is 1.41. The molecule has 1 saturated heterocycles. The van der Waals surface area contributed by atoms with Crippen molar-refractivity contribution in [1.29, 1.82) is 0 Å². The first kappa shape index (κ1) is 19.9. The van der Waals surface area contributed by atoms with Crippen LogP contribution >= 0.6 is 22.9 Å². The molecule has 29 heavy (non-hydrogen) atoms. The number of methoxy groups -OCH3 is 1. The van der Waals surface area contributed by atoms with Gasteiger partial charge in [0.1, 0.15) is 11.4 Å². The Bertz CT molecular complexity index is 966. The van der Waals surface area contributed by atoms with E-state index in [0.717, 1.165) is 24.5 Å². The number of hydrogen-bond acceptors (Lipinski definition) is 6. The summed E-state index contributed by atoms with van der Waals surface area (Å²) >= 11 is 7.72. The lowest BCUT2D eigenvalue weighted by atomic mass is 10.1. The van der Waals surface area contributed by atoms with E-state index in [2.05, 4.69) is 11.8 Å². The third-order valence-corrected chi connectivity index (χ3v) is 6.54. The second-order valence-electron chi connectivity index (χ2n) is 6.89. The van der Waals surface area contributed by atoms with Crippen molar-refractivity contribution in [2.45, 2.75) is 6.92 Å². The molecule has 152 valence electrons. The van der Waals surface area contributed by atoms with Crippen LogP contribution in [0.5, 0.6) is 5.75 Å². The zero-order chi connectivity index (χ0) is 20.5. The first-order valence-electron chi connectivity index (χ1n) is 9.53. The third-order valence-electron chi connectivity index (χ3n) is 5.36. The number of imide groups is 1. The van der Waals surface area contributed by atoms with Gasteiger partial charge < -0.3 is 14.5 Å². The number of piperazine rings is 1. The number of ether oxygens (including phenoxy) is 1. The molecule has 2 aliphatic heterocycles. The highest BCUT2D eigenvalue weighted by atomic mass is 35.5. The van der Waals surface area contributed by atoms with E-state index in [-0.39, 0.29) is 11.8 Å². The van der Waals surface area contributed by atoms with Gasteiger partial charge in [-0.15, -0.1) is 11.3 Å². The predicted octanol–water partition coefficient (Wildman–Crippen LogP) is 3.33. The fraction of sp³-hybridized carbons (Fsp3) is 0.333. The molecule has 8 heteroatoms. The summed E-state index contributed by atoms with van der Waals surface area (Å²) in [6, 6.07) is 8.73. The van der Waals surface area contributed by atoms with Gasteiger partial charge in [-0.3, -0.25) is 9.59 Å². The van der Waals surface area contributed by atoms with Gasteiger partial charge in [-0.1, -0.05) is 24.6 Å². The van der Waals surface area contributed by atoms with E-state index in [0.29, 0.717) is 40.8 Å². The number of hydrogen-bond donors (Lipinski definition) is 0. The molecule has 0 aliphatic carbocycles. The Morgan fingerprint density at radius 2 is 1.86 bits per heavy atom. The van der Waals surface area contributed by atoms with Crippen molar-refractivity contribution in [3.05, 3.63) is 51.3 Å². The quantitative estimate of drug-likeness (QED) is 0.680. The number of likely N-dealkylation sites (N-methyl/N-ethyl adjacent to an activating group) is 1. The average Bonchev–Trinajstić information content (AvgIpc) is 3.34. The van der Waals surface area contributed by atoms with Gasteiger partial charge in [-0.2, -0.15) is 0 Å². The maximum Gasteiger partial charge on any atom is 0.282 e. The summed E-state index contributed by atoms with van der Waals surface area (Å²) in [5, 5.41) is 2.27. The number of nitrogens with zero attached hydrogens (tertiary/aromatic N) is 3. The lowest BCUT2D eigenvalue weighted by molar-refractivity contribution is -0.120. The van der Waals surface area contributed by atoms with Crippen LogP contribution in [0.4, 0.5) is 5.69 Å². The van der Waals surface area contributed by atoms with Crippen LogP contribution in [-0.4, -0.2) is 61.4 Å². The highest BCUT2D eigenvalue weighted by Crippen LogP contribution is 2.38. The zero-order valence-corrected chi connectivity index (χ0v) is 17.9. The molecule has 1 aromatic carbocycles. The molecule has 4 rings (SSSR count). The Balaban J connectivity index is 1.73. The van der Waals surface area contributed by atoms with Crippen LogP contribution < -0.4 is 9.64 Å². The van der Waals surface area contributed by atoms with Gasteiger partial charge in [0.15, 0.2) is 0 Å². The minimum absolute atomic E-state index is 0.301. The van der Waals surface area contributed by atoms with E-state index in [4.69, 9.17) is 16.3 Å². The molecule has 1 fully saturated rings. The molecular formula is C21H22ClN3O3S. The number of carbonyl (C=O) groups excluding carboxylic acids is 2. The van der Waals surface area contributed by atoms with Gasteiger partial charge in [0.2, 0.25) is 0 Å². The number of anilines is 1. The van der Waals surface area contributed by atoms with Crippen LogP contribution in [0.1, 0.15) is 11.8 Å². The summed E-state index contributed by atoms with van der Waals surface area (Å²) in [6.07, 6.45) is 0. The van der Waals surface area contributed by atoms with E-state index in [1.807, 2.05) is 22.4 Å². The van der Waals surface area contributed by atoms with Crippen LogP contribution in [0.2, 0.25) is 5.02 Å². The van der Waals surface area contributed by atoms with Gasteiger partial charge in [-0.05, 0) is 36.2 Å². The fourth-order valence-corrected chi connectivity index (χ4v) is 4.79. The molecule has 2 aromatic rings. The van der Waals surface area contributed by atoms with Gasteiger partial charge in [-0.25, -0.2) is 4.90 Å². The minimum atomic E-state index is -0.313. The van der Waals surface area contributed by atoms with E-state index in [1.165, 1.54) is 23.3 Å². The van der Waals surface area contributed by atoms with Crippen LogP contribution in [-0.2, 0) is 9.59 Å². The lowest BCUT2D eigenvalue weighted by Gasteiger charge is -2.35. The monoisotopic (exact) mass is 431 g/mol. The molecule has 1 aromatic heterocycles. The summed E-state index contributed by atoms with van der Waals surface area (Å²) in [4.78, 5) is 33.3. The largest absolute Gasteiger partial charge is 0.495 e. The fourth-order valence-electron chi connectivity index (χ4n) is 3.77. The molecule has 0 N–H and O–H groups in total. The second kappa shape index (κ2) is 8.18. The van der Waals surface area contributed by atoms with Crippen molar-refractivity contribution in [3.63, 3.8) is 0 Å². The number of rotatable bonds is 5. The first-order valence-corrected chi connectivity index (χ1v) is 10.8. The van der Waals surface area contributed by atoms with Crippen molar-refractivity contribution in [2.24, 2.45) is 0 Å². The highest BCUT2D eigenvalue weighted by molar-refractivity contribution is 7.11. The third kappa shape index (κ3) is 3.54. The van der Waals surface area contributed by atoms with E-state index in [9.17, 15) is 9.59 Å². The smallest absolute Gasteiger partial charge is 0.282 e. The molecule has 6 nitrogen and oxygen atoms in total. The highest BCUT2D eigenvalue weighted by Gasteiger charge is 2.43. The van der Waals surface area contributed by atoms with E-state index < -0.39 is 0 Å². The summed E-state index contributed by atoms with van der Waals surface area (Å²) in [5.74, 6) is -0.118. The number of halogens is 1. The number of carbonyl (C=O) groups is 2. The number of benzene rings is 1. The zero-order valence-electron chi connectivity index (χ0n) is 16.4. The van der Waals surface area contributed by atoms with Crippen LogP contribution in [0, 0.1) is 0 Å². The summed E-state index contributed by atoms with van der Waals surface area (Å²) in [6.45, 7) is 6.28. The maximum atomic E-state index is 13.5. The molecule has 0 bridgehead atoms. The van der Waals surface area contributed by atoms with Crippen LogP contribution in [0.25, 0.3) is 5.57 Å². The molecule has 0 spiro atoms. The molecule has 0 unspecified atom stereocenters. The molecule has 2 amide bonds. The number of amides is 2. The molecule has 0 saturated carbocycles. The van der Waals surface area contributed by atoms with Gasteiger partial charge >= 0.3 is 0 Å². The van der Waals surface area contributed by atoms with Crippen molar-refractivity contribution in [2.75, 3.05) is 44.7 Å². The molecular weight excluding hydrogens is 410 g/mol. The number of thiophene rings is 1. The van der Waals surface area contributed by atoms with Gasteiger partial charge in [0, 0.05) is 31.1 Å². The van der Waals surface area contributed by atoms with Crippen molar-refractivity contribution in [1.82, 2.24) is 9.80 Å². The van der Waals surface area contributed by atoms with E-state index in [1.54, 1.807) is 18.2 Å². The maximum absolute atomic E-state index is 13.5. The van der Waals surface area contributed by atoms with Gasteiger partial charge in [0.25, 0.3) is 11.8 Å². The summed E-state index contributed by atoms with van der Waals surface area (Å²) < 4.78 is 5.19. The molecule has 2 aliphatic rings. The Hall–Kier alpha value is -2.35. The van der Waals surface area contributed by atoms with Gasteiger partial charge in [0.05, 0.1) is 23.4 Å². The Labute approximate surface area is 178 Å². The second-order valence-corrected chi connectivity index (χ2v) is 8.24. The van der Waals surface area contributed by atoms with E-state index >= 15 is 0 Å². The minimum Gasteiger partial charge on any atom is -0.495 e. The van der Waals surface area contributed by atoms with Crippen LogP contribution in [0.3, 0.4) is 0 Å². The first-order chi connectivity index (χ1) is 14.0. The molecule has 0 atom stereocenters. The molecule has 3 heterocycles. The SMILES string of the molecule is CCN1CCN(C2=C(c3cccs3)C(=O)N(c3ccc(OC)c(Cl)c3)C2=O)CC1. The standard InChI is InChI=1S/C21H22ClN3O3S/c1-3-23-8-10-24(11-9-23)19-18(17-5-4-12-29-17)20(26)25(21(19)27)14-6-7-16(28-2)15(22)13-14/h4-7,12-13H,3,8-11H2,1-2H3.